The maximum absolute atomic E-state index is 12.9. The molecule has 2 atom stereocenters. The Kier molecular flexibility index (Phi) is 7.60. The summed E-state index contributed by atoms with van der Waals surface area (Å²) in [5.41, 5.74) is 0.212. The topological polar surface area (TPSA) is 114 Å². The molecule has 0 radical (unpaired) electrons. The predicted octanol–water partition coefficient (Wildman–Crippen LogP) is 3.63. The van der Waals surface area contributed by atoms with Crippen molar-refractivity contribution in [1.29, 1.82) is 0 Å². The van der Waals surface area contributed by atoms with Crippen molar-refractivity contribution in [1.82, 2.24) is 20.4 Å². The van der Waals surface area contributed by atoms with Gasteiger partial charge in [-0.05, 0) is 43.2 Å². The average molecular weight is 510 g/mol. The fraction of sp³-hybridized carbons (Fsp3) is 0.381. The largest absolute Gasteiger partial charge is 0.573 e. The summed E-state index contributed by atoms with van der Waals surface area (Å²) in [4.78, 5) is 15.0. The van der Waals surface area contributed by atoms with Crippen LogP contribution in [0, 0.1) is 0 Å². The molecule has 0 unspecified atom stereocenters. The zero-order valence-electron chi connectivity index (χ0n) is 18.5. The Morgan fingerprint density at radius 2 is 2.06 bits per heavy atom. The molecule has 1 amide bonds. The minimum absolute atomic E-state index is 0.112. The van der Waals surface area contributed by atoms with Crippen molar-refractivity contribution in [3.8, 4) is 5.75 Å². The van der Waals surface area contributed by atoms with Gasteiger partial charge in [-0.15, -0.1) is 28.5 Å². The van der Waals surface area contributed by atoms with Crippen molar-refractivity contribution in [2.75, 3.05) is 35.2 Å². The van der Waals surface area contributed by atoms with Gasteiger partial charge in [0.15, 0.2) is 11.9 Å². The lowest BCUT2D eigenvalue weighted by atomic mass is 10.1. The first-order valence-electron chi connectivity index (χ1n) is 10.7. The fourth-order valence-corrected chi connectivity index (χ4v) is 4.31. The van der Waals surface area contributed by atoms with Crippen LogP contribution in [-0.4, -0.2) is 58.4 Å². The second kappa shape index (κ2) is 10.8. The minimum atomic E-state index is -4.84. The molecule has 186 valence electrons. The monoisotopic (exact) mass is 509 g/mol. The molecule has 10 nitrogen and oxygen atoms in total. The van der Waals surface area contributed by atoms with Crippen LogP contribution in [0.25, 0.3) is 0 Å². The van der Waals surface area contributed by atoms with Crippen LogP contribution in [0.1, 0.15) is 25.0 Å². The molecule has 3 heterocycles. The van der Waals surface area contributed by atoms with Gasteiger partial charge in [0.05, 0.1) is 0 Å². The van der Waals surface area contributed by atoms with Crippen molar-refractivity contribution >= 4 is 33.3 Å². The molecule has 1 aliphatic rings. The lowest BCUT2D eigenvalue weighted by molar-refractivity contribution is -0.274. The van der Waals surface area contributed by atoms with Gasteiger partial charge in [0, 0.05) is 31.9 Å². The van der Waals surface area contributed by atoms with E-state index in [9.17, 15) is 18.0 Å². The number of benzene rings is 1. The third-order valence-electron chi connectivity index (χ3n) is 5.02. The van der Waals surface area contributed by atoms with Crippen molar-refractivity contribution < 1.29 is 27.4 Å². The predicted molar refractivity (Wildman–Crippen MR) is 122 cm³/mol. The molecule has 2 N–H and O–H groups in total. The van der Waals surface area contributed by atoms with Crippen LogP contribution in [0.3, 0.4) is 0 Å². The Labute approximate surface area is 202 Å². The molecule has 1 fully saturated rings. The minimum Gasteiger partial charge on any atom is -0.406 e. The van der Waals surface area contributed by atoms with Gasteiger partial charge < -0.3 is 19.7 Å². The molecule has 0 bridgehead atoms. The summed E-state index contributed by atoms with van der Waals surface area (Å²) in [5.74, 6) is -0.232. The standard InChI is InChI=1S/C21H22F3N7O3S/c1-2-33-17(13-5-3-6-15(11-13)34-21(22,23)24)18(32)27-20-30-29-19(35-20)26-14-8-10-31(12-14)16-7-4-9-25-28-16/h3-7,9,11,14,17H,2,8,10,12H2,1H3,(H,26,29)(H,27,30,32)/t14-,17-/m1/s1. The number of nitrogens with one attached hydrogen (secondary N) is 2. The highest BCUT2D eigenvalue weighted by atomic mass is 32.1. The van der Waals surface area contributed by atoms with Crippen molar-refractivity contribution in [3.63, 3.8) is 0 Å². The molecule has 1 saturated heterocycles. The number of hydrogen-bond donors (Lipinski definition) is 2. The Morgan fingerprint density at radius 1 is 1.23 bits per heavy atom. The smallest absolute Gasteiger partial charge is 0.406 e. The zero-order valence-corrected chi connectivity index (χ0v) is 19.3. The summed E-state index contributed by atoms with van der Waals surface area (Å²) >= 11 is 1.15. The number of rotatable bonds is 9. The van der Waals surface area contributed by atoms with Crippen LogP contribution in [0.5, 0.6) is 5.75 Å². The van der Waals surface area contributed by atoms with Crippen molar-refractivity contribution in [2.45, 2.75) is 31.9 Å². The van der Waals surface area contributed by atoms with E-state index in [4.69, 9.17) is 4.74 Å². The summed E-state index contributed by atoms with van der Waals surface area (Å²) in [6.07, 6.45) is -3.52. The third kappa shape index (κ3) is 6.76. The Hall–Kier alpha value is -3.52. The first-order chi connectivity index (χ1) is 16.8. The van der Waals surface area contributed by atoms with Crippen molar-refractivity contribution in [2.24, 2.45) is 0 Å². The van der Waals surface area contributed by atoms with E-state index >= 15 is 0 Å². The van der Waals surface area contributed by atoms with Gasteiger partial charge in [0.2, 0.25) is 10.3 Å². The van der Waals surface area contributed by atoms with E-state index in [1.807, 2.05) is 12.1 Å². The molecule has 3 aromatic rings. The summed E-state index contributed by atoms with van der Waals surface area (Å²) in [5, 5.41) is 22.8. The number of alkyl halides is 3. The molecule has 1 aliphatic heterocycles. The zero-order chi connectivity index (χ0) is 24.8. The molecule has 0 spiro atoms. The number of halogens is 3. The summed E-state index contributed by atoms with van der Waals surface area (Å²) in [6.45, 7) is 3.36. The van der Waals surface area contributed by atoms with Gasteiger partial charge in [0.25, 0.3) is 5.91 Å². The average Bonchev–Trinajstić information content (AvgIpc) is 3.47. The molecular weight excluding hydrogens is 487 g/mol. The fourth-order valence-electron chi connectivity index (χ4n) is 3.59. The van der Waals surface area contributed by atoms with Gasteiger partial charge in [-0.25, -0.2) is 0 Å². The van der Waals surface area contributed by atoms with Crippen LogP contribution in [0.15, 0.2) is 42.6 Å². The first-order valence-corrected chi connectivity index (χ1v) is 11.5. The Bertz CT molecular complexity index is 1130. The molecule has 2 aromatic heterocycles. The number of amides is 1. The van der Waals surface area contributed by atoms with E-state index in [-0.39, 0.29) is 23.3 Å². The summed E-state index contributed by atoms with van der Waals surface area (Å²) < 4.78 is 47.1. The lowest BCUT2D eigenvalue weighted by Crippen LogP contribution is -2.26. The highest BCUT2D eigenvalue weighted by molar-refractivity contribution is 7.19. The first kappa shape index (κ1) is 24.6. The lowest BCUT2D eigenvalue weighted by Gasteiger charge is -2.17. The van der Waals surface area contributed by atoms with Gasteiger partial charge >= 0.3 is 6.36 Å². The van der Waals surface area contributed by atoms with Crippen molar-refractivity contribution in [3.05, 3.63) is 48.2 Å². The number of hydrogen-bond acceptors (Lipinski definition) is 10. The number of carbonyl (C=O) groups is 1. The SMILES string of the molecule is CCO[C@@H](C(=O)Nc1nnc(N[C@@H]2CCN(c3cccnn3)C2)s1)c1cccc(OC(F)(F)F)c1. The Balaban J connectivity index is 1.37. The van der Waals surface area contributed by atoms with Gasteiger partial charge in [-0.1, -0.05) is 23.5 Å². The highest BCUT2D eigenvalue weighted by Crippen LogP contribution is 2.29. The van der Waals surface area contributed by atoms with Crippen LogP contribution < -0.4 is 20.3 Å². The van der Waals surface area contributed by atoms with E-state index in [1.54, 1.807) is 13.1 Å². The maximum Gasteiger partial charge on any atom is 0.573 e. The molecular formula is C21H22F3N7O3S. The molecule has 0 aliphatic carbocycles. The van der Waals surface area contributed by atoms with Gasteiger partial charge in [-0.3, -0.25) is 10.1 Å². The van der Waals surface area contributed by atoms with Gasteiger partial charge in [0.1, 0.15) is 5.75 Å². The Morgan fingerprint density at radius 3 is 2.80 bits per heavy atom. The van der Waals surface area contributed by atoms with E-state index in [2.05, 4.69) is 40.7 Å². The van der Waals surface area contributed by atoms with Crippen LogP contribution in [0.2, 0.25) is 0 Å². The molecule has 1 aromatic carbocycles. The quantitative estimate of drug-likeness (QED) is 0.446. The summed E-state index contributed by atoms with van der Waals surface area (Å²) in [7, 11) is 0. The number of anilines is 3. The van der Waals surface area contributed by atoms with Crippen LogP contribution >= 0.6 is 11.3 Å². The maximum atomic E-state index is 12.9. The third-order valence-corrected chi connectivity index (χ3v) is 5.79. The second-order valence-corrected chi connectivity index (χ2v) is 8.49. The molecule has 4 rings (SSSR count). The molecule has 0 saturated carbocycles. The number of ether oxygens (including phenoxy) is 2. The van der Waals surface area contributed by atoms with E-state index in [0.29, 0.717) is 11.7 Å². The normalized spacial score (nSPS) is 16.7. The number of carbonyl (C=O) groups excluding carboxylic acids is 1. The molecule has 35 heavy (non-hydrogen) atoms. The van der Waals surface area contributed by atoms with E-state index in [0.717, 1.165) is 42.3 Å². The number of nitrogens with zero attached hydrogens (tertiary/aromatic N) is 5. The van der Waals surface area contributed by atoms with Gasteiger partial charge in [-0.2, -0.15) is 5.10 Å². The van der Waals surface area contributed by atoms with Crippen LogP contribution in [0.4, 0.5) is 29.3 Å². The van der Waals surface area contributed by atoms with E-state index < -0.39 is 24.1 Å². The summed E-state index contributed by atoms with van der Waals surface area (Å²) in [6, 6.07) is 8.94. The van der Waals surface area contributed by atoms with E-state index in [1.165, 1.54) is 12.1 Å². The highest BCUT2D eigenvalue weighted by Gasteiger charge is 2.32. The second-order valence-electron chi connectivity index (χ2n) is 7.52. The number of aromatic nitrogens is 4. The molecule has 14 heteroatoms. The van der Waals surface area contributed by atoms with Crippen LogP contribution in [-0.2, 0) is 9.53 Å².